The van der Waals surface area contributed by atoms with Gasteiger partial charge in [-0.05, 0) is 54.8 Å². The average molecular weight is 304 g/mol. The number of hydrogen-bond acceptors (Lipinski definition) is 1. The number of aryl methyl sites for hydroxylation is 1. The molecule has 0 bridgehead atoms. The first-order chi connectivity index (χ1) is 10.0. The Labute approximate surface area is 133 Å². The number of hydrogen-bond donors (Lipinski definition) is 1. The van der Waals surface area contributed by atoms with E-state index in [0.29, 0.717) is 5.41 Å². The summed E-state index contributed by atoms with van der Waals surface area (Å²) in [5.41, 5.74) is 1.77. The molecule has 0 saturated heterocycles. The third-order valence-electron chi connectivity index (χ3n) is 4.26. The number of fused-ring (bicyclic) bond motifs is 1. The van der Waals surface area contributed by atoms with Crippen LogP contribution in [0.4, 0.5) is 0 Å². The molecule has 114 valence electrons. The fourth-order valence-electron chi connectivity index (χ4n) is 2.74. The van der Waals surface area contributed by atoms with Crippen LogP contribution in [0.5, 0.6) is 0 Å². The van der Waals surface area contributed by atoms with Crippen molar-refractivity contribution in [2.75, 3.05) is 13.1 Å². The lowest BCUT2D eigenvalue weighted by molar-refractivity contribution is 0.304. The molecule has 0 unspecified atom stereocenters. The van der Waals surface area contributed by atoms with Crippen molar-refractivity contribution in [3.05, 3.63) is 47.0 Å². The molecule has 0 aliphatic rings. The molecule has 2 heteroatoms. The second-order valence-corrected chi connectivity index (χ2v) is 6.93. The monoisotopic (exact) mass is 303 g/mol. The number of rotatable bonds is 7. The van der Waals surface area contributed by atoms with Crippen LogP contribution < -0.4 is 5.32 Å². The minimum atomic E-state index is 0.364. The predicted octanol–water partition coefficient (Wildman–Crippen LogP) is 5.45. The Kier molecular flexibility index (Phi) is 5.66. The van der Waals surface area contributed by atoms with E-state index in [1.165, 1.54) is 29.2 Å². The molecule has 0 amide bonds. The Morgan fingerprint density at radius 1 is 1.00 bits per heavy atom. The van der Waals surface area contributed by atoms with Gasteiger partial charge in [0.1, 0.15) is 0 Å². The standard InChI is InChI=1S/C19H26ClN/c1-4-21-14-13-19(2,3)12-11-15-9-10-18(20)17-8-6-5-7-16(15)17/h5-10,21H,4,11-14H2,1-3H3. The molecule has 2 aromatic rings. The first kappa shape index (κ1) is 16.3. The van der Waals surface area contributed by atoms with Crippen LogP contribution >= 0.6 is 11.6 Å². The van der Waals surface area contributed by atoms with Gasteiger partial charge in [-0.15, -0.1) is 0 Å². The summed E-state index contributed by atoms with van der Waals surface area (Å²) in [5, 5.41) is 6.74. The zero-order chi connectivity index (χ0) is 15.3. The topological polar surface area (TPSA) is 12.0 Å². The van der Waals surface area contributed by atoms with E-state index in [2.05, 4.69) is 56.4 Å². The summed E-state index contributed by atoms with van der Waals surface area (Å²) < 4.78 is 0. The Morgan fingerprint density at radius 3 is 2.43 bits per heavy atom. The van der Waals surface area contributed by atoms with Crippen LogP contribution in [0.15, 0.2) is 36.4 Å². The maximum atomic E-state index is 6.30. The van der Waals surface area contributed by atoms with Crippen molar-refractivity contribution in [2.45, 2.75) is 40.0 Å². The van der Waals surface area contributed by atoms with Gasteiger partial charge in [0, 0.05) is 10.4 Å². The number of nitrogens with one attached hydrogen (secondary N) is 1. The maximum absolute atomic E-state index is 6.30. The van der Waals surface area contributed by atoms with Crippen molar-refractivity contribution in [1.82, 2.24) is 5.32 Å². The fraction of sp³-hybridized carbons (Fsp3) is 0.474. The maximum Gasteiger partial charge on any atom is 0.0484 e. The van der Waals surface area contributed by atoms with Crippen LogP contribution in [0.25, 0.3) is 10.8 Å². The first-order valence-electron chi connectivity index (χ1n) is 7.90. The van der Waals surface area contributed by atoms with Gasteiger partial charge in [-0.25, -0.2) is 0 Å². The molecule has 0 aliphatic heterocycles. The summed E-state index contributed by atoms with van der Waals surface area (Å²) in [7, 11) is 0. The Balaban J connectivity index is 2.08. The summed E-state index contributed by atoms with van der Waals surface area (Å²) in [4.78, 5) is 0. The minimum absolute atomic E-state index is 0.364. The largest absolute Gasteiger partial charge is 0.317 e. The summed E-state index contributed by atoms with van der Waals surface area (Å²) in [6.45, 7) is 9.04. The van der Waals surface area contributed by atoms with Gasteiger partial charge in [0.15, 0.2) is 0 Å². The highest BCUT2D eigenvalue weighted by atomic mass is 35.5. The van der Waals surface area contributed by atoms with Gasteiger partial charge in [0.2, 0.25) is 0 Å². The second-order valence-electron chi connectivity index (χ2n) is 6.52. The third kappa shape index (κ3) is 4.46. The molecular formula is C19H26ClN. The van der Waals surface area contributed by atoms with E-state index in [4.69, 9.17) is 11.6 Å². The summed E-state index contributed by atoms with van der Waals surface area (Å²) in [5.74, 6) is 0. The Hall–Kier alpha value is -1.05. The normalized spacial score (nSPS) is 12.0. The van der Waals surface area contributed by atoms with Crippen molar-refractivity contribution in [3.63, 3.8) is 0 Å². The molecule has 0 heterocycles. The molecule has 21 heavy (non-hydrogen) atoms. The Bertz CT molecular complexity index is 589. The fourth-order valence-corrected chi connectivity index (χ4v) is 2.97. The van der Waals surface area contributed by atoms with Crippen LogP contribution in [-0.4, -0.2) is 13.1 Å². The van der Waals surface area contributed by atoms with E-state index in [9.17, 15) is 0 Å². The highest BCUT2D eigenvalue weighted by Gasteiger charge is 2.17. The summed E-state index contributed by atoms with van der Waals surface area (Å²) in [6, 6.07) is 12.7. The molecule has 0 saturated carbocycles. The first-order valence-corrected chi connectivity index (χ1v) is 8.28. The van der Waals surface area contributed by atoms with Crippen molar-refractivity contribution >= 4 is 22.4 Å². The smallest absolute Gasteiger partial charge is 0.0484 e. The molecule has 0 fully saturated rings. The third-order valence-corrected chi connectivity index (χ3v) is 4.59. The molecule has 0 spiro atoms. The molecule has 0 aromatic heterocycles. The van der Waals surface area contributed by atoms with E-state index >= 15 is 0 Å². The molecule has 1 nitrogen and oxygen atoms in total. The molecule has 2 aromatic carbocycles. The highest BCUT2D eigenvalue weighted by Crippen LogP contribution is 2.31. The molecule has 0 atom stereocenters. The summed E-state index contributed by atoms with van der Waals surface area (Å²) in [6.07, 6.45) is 3.52. The van der Waals surface area contributed by atoms with Gasteiger partial charge in [0.05, 0.1) is 0 Å². The van der Waals surface area contributed by atoms with Crippen LogP contribution in [0, 0.1) is 5.41 Å². The second kappa shape index (κ2) is 7.29. The van der Waals surface area contributed by atoms with Crippen LogP contribution in [0.1, 0.15) is 39.2 Å². The lowest BCUT2D eigenvalue weighted by atomic mass is 9.82. The van der Waals surface area contributed by atoms with E-state index < -0.39 is 0 Å². The van der Waals surface area contributed by atoms with Gasteiger partial charge in [-0.2, -0.15) is 0 Å². The molecule has 2 rings (SSSR count). The van der Waals surface area contributed by atoms with E-state index in [1.54, 1.807) is 0 Å². The predicted molar refractivity (Wildman–Crippen MR) is 94.2 cm³/mol. The van der Waals surface area contributed by atoms with Gasteiger partial charge in [0.25, 0.3) is 0 Å². The zero-order valence-corrected chi connectivity index (χ0v) is 14.1. The van der Waals surface area contributed by atoms with Crippen molar-refractivity contribution in [3.8, 4) is 0 Å². The van der Waals surface area contributed by atoms with Crippen molar-refractivity contribution in [1.29, 1.82) is 0 Å². The van der Waals surface area contributed by atoms with Gasteiger partial charge < -0.3 is 5.32 Å². The van der Waals surface area contributed by atoms with E-state index in [-0.39, 0.29) is 0 Å². The molecule has 1 N–H and O–H groups in total. The average Bonchev–Trinajstić information content (AvgIpc) is 2.47. The molecule has 0 aliphatic carbocycles. The van der Waals surface area contributed by atoms with Gasteiger partial charge in [-0.3, -0.25) is 0 Å². The highest BCUT2D eigenvalue weighted by molar-refractivity contribution is 6.35. The number of benzene rings is 2. The van der Waals surface area contributed by atoms with Gasteiger partial charge >= 0.3 is 0 Å². The quantitative estimate of drug-likeness (QED) is 0.670. The van der Waals surface area contributed by atoms with E-state index in [1.807, 2.05) is 6.07 Å². The molecule has 0 radical (unpaired) electrons. The van der Waals surface area contributed by atoms with Crippen LogP contribution in [0.2, 0.25) is 5.02 Å². The Morgan fingerprint density at radius 2 is 1.71 bits per heavy atom. The molecular weight excluding hydrogens is 278 g/mol. The summed E-state index contributed by atoms with van der Waals surface area (Å²) >= 11 is 6.30. The SMILES string of the molecule is CCNCCC(C)(C)CCc1ccc(Cl)c2ccccc12. The van der Waals surface area contributed by atoms with Crippen molar-refractivity contribution < 1.29 is 0 Å². The van der Waals surface area contributed by atoms with Crippen LogP contribution in [0.3, 0.4) is 0 Å². The zero-order valence-electron chi connectivity index (χ0n) is 13.4. The van der Waals surface area contributed by atoms with Gasteiger partial charge in [-0.1, -0.05) is 62.7 Å². The van der Waals surface area contributed by atoms with Crippen molar-refractivity contribution in [2.24, 2.45) is 5.41 Å². The minimum Gasteiger partial charge on any atom is -0.317 e. The van der Waals surface area contributed by atoms with Crippen LogP contribution in [-0.2, 0) is 6.42 Å². The number of halogens is 1. The lowest BCUT2D eigenvalue weighted by Gasteiger charge is -2.25. The lowest BCUT2D eigenvalue weighted by Crippen LogP contribution is -2.22. The van der Waals surface area contributed by atoms with E-state index in [0.717, 1.165) is 24.5 Å².